The topological polar surface area (TPSA) is 54.9 Å². The van der Waals surface area contributed by atoms with Crippen molar-refractivity contribution in [2.24, 2.45) is 0 Å². The van der Waals surface area contributed by atoms with E-state index in [-0.39, 0.29) is 5.91 Å². The third-order valence-corrected chi connectivity index (χ3v) is 3.82. The van der Waals surface area contributed by atoms with Gasteiger partial charge in [-0.25, -0.2) is 4.98 Å². The Hall–Kier alpha value is -1.98. The fraction of sp³-hybridized carbons (Fsp3) is 0.0714. The molecule has 0 spiro atoms. The predicted octanol–water partition coefficient (Wildman–Crippen LogP) is 3.91. The standard InChI is InChI=1S/C14H10ClN3OS/c1-8-5-10(15)13(9-3-2-4-16-12(8)9)18-14(19)11-6-20-7-17-11/h2-7H,1H3,(H,18,19). The first-order valence-corrected chi connectivity index (χ1v) is 7.22. The quantitative estimate of drug-likeness (QED) is 0.781. The molecule has 6 heteroatoms. The number of rotatable bonds is 2. The Morgan fingerprint density at radius 1 is 1.40 bits per heavy atom. The molecule has 0 aliphatic carbocycles. The van der Waals surface area contributed by atoms with Crippen molar-refractivity contribution >= 4 is 45.4 Å². The number of carbonyl (C=O) groups excluding carboxylic acids is 1. The average molecular weight is 304 g/mol. The molecule has 1 N–H and O–H groups in total. The average Bonchev–Trinajstić information content (AvgIpc) is 2.97. The van der Waals surface area contributed by atoms with E-state index in [2.05, 4.69) is 15.3 Å². The normalized spacial score (nSPS) is 10.7. The smallest absolute Gasteiger partial charge is 0.275 e. The van der Waals surface area contributed by atoms with E-state index in [9.17, 15) is 4.79 Å². The van der Waals surface area contributed by atoms with Gasteiger partial charge in [0.1, 0.15) is 5.69 Å². The highest BCUT2D eigenvalue weighted by atomic mass is 35.5. The van der Waals surface area contributed by atoms with Gasteiger partial charge < -0.3 is 5.32 Å². The zero-order valence-electron chi connectivity index (χ0n) is 10.6. The summed E-state index contributed by atoms with van der Waals surface area (Å²) in [6.45, 7) is 1.94. The second-order valence-electron chi connectivity index (χ2n) is 4.28. The molecule has 3 aromatic rings. The van der Waals surface area contributed by atoms with Crippen LogP contribution in [0.25, 0.3) is 10.9 Å². The van der Waals surface area contributed by atoms with Gasteiger partial charge in [0.15, 0.2) is 0 Å². The van der Waals surface area contributed by atoms with Gasteiger partial charge in [-0.05, 0) is 30.7 Å². The Kier molecular flexibility index (Phi) is 3.38. The van der Waals surface area contributed by atoms with Crippen molar-refractivity contribution in [1.29, 1.82) is 0 Å². The van der Waals surface area contributed by atoms with E-state index >= 15 is 0 Å². The summed E-state index contributed by atoms with van der Waals surface area (Å²) in [5.74, 6) is -0.276. The number of hydrogen-bond donors (Lipinski definition) is 1. The number of thiazole rings is 1. The van der Waals surface area contributed by atoms with E-state index < -0.39 is 0 Å². The van der Waals surface area contributed by atoms with Gasteiger partial charge in [-0.1, -0.05) is 11.6 Å². The fourth-order valence-electron chi connectivity index (χ4n) is 2.01. The minimum atomic E-state index is -0.276. The van der Waals surface area contributed by atoms with Crippen LogP contribution in [0.2, 0.25) is 5.02 Å². The summed E-state index contributed by atoms with van der Waals surface area (Å²) in [4.78, 5) is 20.4. The van der Waals surface area contributed by atoms with Crippen molar-refractivity contribution in [2.45, 2.75) is 6.92 Å². The molecule has 0 fully saturated rings. The van der Waals surface area contributed by atoms with Crippen LogP contribution < -0.4 is 5.32 Å². The summed E-state index contributed by atoms with van der Waals surface area (Å²) < 4.78 is 0. The number of nitrogens with zero attached hydrogens (tertiary/aromatic N) is 2. The Morgan fingerprint density at radius 3 is 3.00 bits per heavy atom. The maximum Gasteiger partial charge on any atom is 0.275 e. The molecular formula is C14H10ClN3OS. The van der Waals surface area contributed by atoms with Crippen molar-refractivity contribution in [2.75, 3.05) is 5.32 Å². The van der Waals surface area contributed by atoms with Crippen LogP contribution in [0.5, 0.6) is 0 Å². The van der Waals surface area contributed by atoms with Crippen LogP contribution in [0.3, 0.4) is 0 Å². The van der Waals surface area contributed by atoms with Crippen LogP contribution in [0.4, 0.5) is 5.69 Å². The number of aryl methyl sites for hydroxylation is 1. The molecule has 4 nitrogen and oxygen atoms in total. The summed E-state index contributed by atoms with van der Waals surface area (Å²) in [7, 11) is 0. The third kappa shape index (κ3) is 2.26. The lowest BCUT2D eigenvalue weighted by Crippen LogP contribution is -2.13. The van der Waals surface area contributed by atoms with E-state index in [4.69, 9.17) is 11.6 Å². The minimum absolute atomic E-state index is 0.276. The van der Waals surface area contributed by atoms with E-state index in [0.717, 1.165) is 16.5 Å². The number of benzene rings is 1. The van der Waals surface area contributed by atoms with E-state index in [1.54, 1.807) is 23.2 Å². The van der Waals surface area contributed by atoms with Gasteiger partial charge in [-0.15, -0.1) is 11.3 Å². The lowest BCUT2D eigenvalue weighted by molar-refractivity contribution is 0.102. The summed E-state index contributed by atoms with van der Waals surface area (Å²) in [5.41, 5.74) is 4.36. The molecule has 1 aromatic carbocycles. The van der Waals surface area contributed by atoms with Crippen molar-refractivity contribution in [1.82, 2.24) is 9.97 Å². The Balaban J connectivity index is 2.10. The van der Waals surface area contributed by atoms with Crippen LogP contribution >= 0.6 is 22.9 Å². The third-order valence-electron chi connectivity index (χ3n) is 2.94. The van der Waals surface area contributed by atoms with Crippen LogP contribution in [0.1, 0.15) is 16.1 Å². The first-order valence-electron chi connectivity index (χ1n) is 5.90. The molecule has 100 valence electrons. The second-order valence-corrected chi connectivity index (χ2v) is 5.40. The predicted molar refractivity (Wildman–Crippen MR) is 81.6 cm³/mol. The van der Waals surface area contributed by atoms with Crippen molar-refractivity contribution in [3.63, 3.8) is 0 Å². The summed E-state index contributed by atoms with van der Waals surface area (Å²) >= 11 is 7.63. The van der Waals surface area contributed by atoms with Gasteiger partial charge in [0, 0.05) is 17.0 Å². The maximum absolute atomic E-state index is 12.1. The maximum atomic E-state index is 12.1. The Bertz CT molecular complexity index is 786. The lowest BCUT2D eigenvalue weighted by atomic mass is 10.1. The van der Waals surface area contributed by atoms with Gasteiger partial charge in [0.25, 0.3) is 5.91 Å². The number of carbonyl (C=O) groups is 1. The molecule has 1 amide bonds. The largest absolute Gasteiger partial charge is 0.319 e. The summed E-state index contributed by atoms with van der Waals surface area (Å²) in [6.07, 6.45) is 1.72. The van der Waals surface area contributed by atoms with Crippen molar-refractivity contribution < 1.29 is 4.79 Å². The molecule has 0 aliphatic heterocycles. The van der Waals surface area contributed by atoms with Crippen molar-refractivity contribution in [3.05, 3.63) is 51.6 Å². The highest BCUT2D eigenvalue weighted by Gasteiger charge is 2.14. The number of halogens is 1. The Morgan fingerprint density at radius 2 is 2.25 bits per heavy atom. The SMILES string of the molecule is Cc1cc(Cl)c(NC(=O)c2cscn2)c2cccnc12. The number of nitrogens with one attached hydrogen (secondary N) is 1. The van der Waals surface area contributed by atoms with Gasteiger partial charge >= 0.3 is 0 Å². The number of aromatic nitrogens is 2. The zero-order chi connectivity index (χ0) is 14.1. The van der Waals surface area contributed by atoms with Crippen LogP contribution in [-0.4, -0.2) is 15.9 Å². The van der Waals surface area contributed by atoms with Gasteiger partial charge in [-0.2, -0.15) is 0 Å². The fourth-order valence-corrected chi connectivity index (χ4v) is 2.85. The van der Waals surface area contributed by atoms with Gasteiger partial charge in [-0.3, -0.25) is 9.78 Å². The number of hydrogen-bond acceptors (Lipinski definition) is 4. The molecule has 2 heterocycles. The monoisotopic (exact) mass is 303 g/mol. The molecule has 0 saturated carbocycles. The lowest BCUT2D eigenvalue weighted by Gasteiger charge is -2.11. The molecule has 0 saturated heterocycles. The molecule has 20 heavy (non-hydrogen) atoms. The molecule has 2 aromatic heterocycles. The minimum Gasteiger partial charge on any atom is -0.319 e. The van der Waals surface area contributed by atoms with Gasteiger partial charge in [0.05, 0.1) is 21.7 Å². The molecular weight excluding hydrogens is 294 g/mol. The number of amides is 1. The van der Waals surface area contributed by atoms with E-state index in [0.29, 0.717) is 16.4 Å². The van der Waals surface area contributed by atoms with E-state index in [1.165, 1.54) is 11.3 Å². The molecule has 0 radical (unpaired) electrons. The molecule has 3 rings (SSSR count). The molecule has 0 unspecified atom stereocenters. The van der Waals surface area contributed by atoms with Crippen LogP contribution in [0.15, 0.2) is 35.3 Å². The molecule has 0 atom stereocenters. The van der Waals surface area contributed by atoms with E-state index in [1.807, 2.05) is 19.1 Å². The first kappa shape index (κ1) is 13.0. The van der Waals surface area contributed by atoms with Gasteiger partial charge in [0.2, 0.25) is 0 Å². The summed E-state index contributed by atoms with van der Waals surface area (Å²) in [6, 6.07) is 5.50. The first-order chi connectivity index (χ1) is 9.66. The Labute approximate surface area is 124 Å². The zero-order valence-corrected chi connectivity index (χ0v) is 12.1. The van der Waals surface area contributed by atoms with Crippen LogP contribution in [0, 0.1) is 6.92 Å². The van der Waals surface area contributed by atoms with Crippen LogP contribution in [-0.2, 0) is 0 Å². The molecule has 0 bridgehead atoms. The number of fused-ring (bicyclic) bond motifs is 1. The second kappa shape index (κ2) is 5.19. The van der Waals surface area contributed by atoms with Crippen molar-refractivity contribution in [3.8, 4) is 0 Å². The number of anilines is 1. The number of pyridine rings is 1. The summed E-state index contributed by atoms with van der Waals surface area (Å²) in [5, 5.41) is 5.82. The highest BCUT2D eigenvalue weighted by Crippen LogP contribution is 2.32. The molecule has 0 aliphatic rings. The highest BCUT2D eigenvalue weighted by molar-refractivity contribution is 7.07.